The Kier molecular flexibility index (Phi) is 5.69. The van der Waals surface area contributed by atoms with Crippen molar-refractivity contribution in [3.63, 3.8) is 0 Å². The maximum atomic E-state index is 12.9. The number of likely N-dealkylation sites (N-methyl/N-ethyl adjacent to an activating group) is 1. The molecule has 4 heterocycles. The van der Waals surface area contributed by atoms with Gasteiger partial charge < -0.3 is 9.30 Å². The molecule has 0 N–H and O–H groups in total. The first-order valence-electron chi connectivity index (χ1n) is 11.1. The lowest BCUT2D eigenvalue weighted by atomic mass is 10.1. The lowest BCUT2D eigenvalue weighted by molar-refractivity contribution is -0.134. The van der Waals surface area contributed by atoms with E-state index < -0.39 is 0 Å². The molecule has 1 atom stereocenters. The van der Waals surface area contributed by atoms with Gasteiger partial charge in [0.25, 0.3) is 0 Å². The Labute approximate surface area is 188 Å². The smallest absolute Gasteiger partial charge is 0.223 e. The number of pyridine rings is 2. The van der Waals surface area contributed by atoms with Crippen molar-refractivity contribution in [3.05, 3.63) is 90.8 Å². The molecule has 0 spiro atoms. The predicted molar refractivity (Wildman–Crippen MR) is 125 cm³/mol. The molecule has 1 aromatic carbocycles. The number of carbonyl (C=O) groups is 1. The number of carbonyl (C=O) groups excluding carboxylic acids is 1. The van der Waals surface area contributed by atoms with Crippen LogP contribution in [0.4, 0.5) is 0 Å². The van der Waals surface area contributed by atoms with Gasteiger partial charge in [0.05, 0.1) is 23.6 Å². The first-order valence-corrected chi connectivity index (χ1v) is 11.1. The molecule has 1 aliphatic heterocycles. The predicted octanol–water partition coefficient (Wildman–Crippen LogP) is 3.84. The summed E-state index contributed by atoms with van der Waals surface area (Å²) >= 11 is 0. The van der Waals surface area contributed by atoms with Crippen molar-refractivity contribution < 1.29 is 4.79 Å². The van der Waals surface area contributed by atoms with Crippen molar-refractivity contribution in [1.82, 2.24) is 24.2 Å². The molecule has 3 aromatic heterocycles. The molecule has 6 nitrogen and oxygen atoms in total. The van der Waals surface area contributed by atoms with Crippen LogP contribution >= 0.6 is 0 Å². The van der Waals surface area contributed by atoms with E-state index in [9.17, 15) is 4.79 Å². The Morgan fingerprint density at radius 1 is 1.03 bits per heavy atom. The third-order valence-corrected chi connectivity index (χ3v) is 6.34. The third-order valence-electron chi connectivity index (χ3n) is 6.34. The molecule has 1 saturated heterocycles. The summed E-state index contributed by atoms with van der Waals surface area (Å²) in [4.78, 5) is 26.2. The summed E-state index contributed by atoms with van der Waals surface area (Å²) in [5.41, 5.74) is 5.48. The van der Waals surface area contributed by atoms with Crippen LogP contribution in [-0.2, 0) is 11.2 Å². The zero-order chi connectivity index (χ0) is 21.9. The van der Waals surface area contributed by atoms with Crippen LogP contribution in [0.25, 0.3) is 16.6 Å². The van der Waals surface area contributed by atoms with Gasteiger partial charge in [0.15, 0.2) is 0 Å². The molecule has 0 saturated carbocycles. The molecule has 0 radical (unpaired) electrons. The molecule has 5 rings (SSSR count). The summed E-state index contributed by atoms with van der Waals surface area (Å²) in [7, 11) is 2.12. The SMILES string of the molecule is CN1CCN(C(=O)CCc2ccccc2)C[C@@H]1c1ncn2cc(-c3cccnc3)ccc12. The Morgan fingerprint density at radius 2 is 1.91 bits per heavy atom. The number of imidazole rings is 1. The normalized spacial score (nSPS) is 17.0. The van der Waals surface area contributed by atoms with Gasteiger partial charge in [0.1, 0.15) is 0 Å². The van der Waals surface area contributed by atoms with Crippen molar-refractivity contribution >= 4 is 11.4 Å². The number of aromatic nitrogens is 3. The van der Waals surface area contributed by atoms with Crippen molar-refractivity contribution in [2.75, 3.05) is 26.7 Å². The van der Waals surface area contributed by atoms with Gasteiger partial charge in [-0.3, -0.25) is 14.7 Å². The van der Waals surface area contributed by atoms with E-state index in [4.69, 9.17) is 4.98 Å². The lowest BCUT2D eigenvalue weighted by Gasteiger charge is -2.39. The highest BCUT2D eigenvalue weighted by Crippen LogP contribution is 2.28. The van der Waals surface area contributed by atoms with Crippen LogP contribution in [0.1, 0.15) is 23.7 Å². The van der Waals surface area contributed by atoms with E-state index in [1.165, 1.54) is 5.56 Å². The van der Waals surface area contributed by atoms with Gasteiger partial charge in [-0.15, -0.1) is 0 Å². The Balaban J connectivity index is 1.33. The van der Waals surface area contributed by atoms with Gasteiger partial charge >= 0.3 is 0 Å². The van der Waals surface area contributed by atoms with Crippen molar-refractivity contribution in [2.45, 2.75) is 18.9 Å². The van der Waals surface area contributed by atoms with Crippen LogP contribution in [0.5, 0.6) is 0 Å². The quantitative estimate of drug-likeness (QED) is 0.488. The van der Waals surface area contributed by atoms with Crippen LogP contribution in [0, 0.1) is 0 Å². The number of hydrogen-bond donors (Lipinski definition) is 0. The molecule has 1 aliphatic rings. The average Bonchev–Trinajstić information content (AvgIpc) is 3.27. The fraction of sp³-hybridized carbons (Fsp3) is 0.269. The van der Waals surface area contributed by atoms with Gasteiger partial charge in [-0.25, -0.2) is 4.98 Å². The maximum absolute atomic E-state index is 12.9. The van der Waals surface area contributed by atoms with Gasteiger partial charge in [0.2, 0.25) is 5.91 Å². The van der Waals surface area contributed by atoms with Crippen LogP contribution < -0.4 is 0 Å². The highest BCUT2D eigenvalue weighted by atomic mass is 16.2. The summed E-state index contributed by atoms with van der Waals surface area (Å²) in [6.07, 6.45) is 8.93. The molecule has 0 unspecified atom stereocenters. The molecule has 1 fully saturated rings. The molecular formula is C26H27N5O. The van der Waals surface area contributed by atoms with E-state index in [-0.39, 0.29) is 11.9 Å². The second kappa shape index (κ2) is 8.93. The number of aryl methyl sites for hydroxylation is 1. The second-order valence-corrected chi connectivity index (χ2v) is 8.40. The minimum Gasteiger partial charge on any atom is -0.339 e. The van der Waals surface area contributed by atoms with Crippen molar-refractivity contribution in [3.8, 4) is 11.1 Å². The van der Waals surface area contributed by atoms with Crippen LogP contribution in [0.3, 0.4) is 0 Å². The van der Waals surface area contributed by atoms with Gasteiger partial charge in [-0.2, -0.15) is 0 Å². The first-order chi connectivity index (χ1) is 15.7. The molecule has 0 bridgehead atoms. The standard InChI is InChI=1S/C26H27N5O/c1-29-14-15-30(25(32)12-9-20-6-3-2-4-7-20)18-24(29)26-23-11-10-22(17-31(23)19-28-26)21-8-5-13-27-16-21/h2-8,10-11,13,16-17,19,24H,9,12,14-15,18H2,1H3/t24-/m1/s1. The Bertz CT molecular complexity index is 1200. The lowest BCUT2D eigenvalue weighted by Crippen LogP contribution is -2.49. The average molecular weight is 426 g/mol. The summed E-state index contributed by atoms with van der Waals surface area (Å²) < 4.78 is 2.07. The molecule has 1 amide bonds. The summed E-state index contributed by atoms with van der Waals surface area (Å²) in [5.74, 6) is 0.217. The zero-order valence-corrected chi connectivity index (χ0v) is 18.3. The number of piperazine rings is 1. The monoisotopic (exact) mass is 425 g/mol. The van der Waals surface area contributed by atoms with E-state index >= 15 is 0 Å². The fourth-order valence-corrected chi connectivity index (χ4v) is 4.43. The van der Waals surface area contributed by atoms with E-state index in [0.717, 1.165) is 41.8 Å². The summed E-state index contributed by atoms with van der Waals surface area (Å²) in [6.45, 7) is 2.27. The molecule has 32 heavy (non-hydrogen) atoms. The van der Waals surface area contributed by atoms with Gasteiger partial charge in [-0.05, 0) is 36.7 Å². The number of rotatable bonds is 5. The highest BCUT2D eigenvalue weighted by Gasteiger charge is 2.30. The van der Waals surface area contributed by atoms with E-state index in [1.54, 1.807) is 6.20 Å². The molecule has 162 valence electrons. The molecule has 4 aromatic rings. The molecular weight excluding hydrogens is 398 g/mol. The van der Waals surface area contributed by atoms with E-state index in [0.29, 0.717) is 13.0 Å². The second-order valence-electron chi connectivity index (χ2n) is 8.40. The number of fused-ring (bicyclic) bond motifs is 1. The summed E-state index contributed by atoms with van der Waals surface area (Å²) in [6, 6.07) is 18.5. The van der Waals surface area contributed by atoms with E-state index in [1.807, 2.05) is 41.7 Å². The fourth-order valence-electron chi connectivity index (χ4n) is 4.43. The van der Waals surface area contributed by atoms with Crippen molar-refractivity contribution in [1.29, 1.82) is 0 Å². The van der Waals surface area contributed by atoms with Gasteiger partial charge in [0, 0.05) is 50.2 Å². The molecule has 0 aliphatic carbocycles. The minimum atomic E-state index is 0.0821. The largest absolute Gasteiger partial charge is 0.339 e. The first kappa shape index (κ1) is 20.4. The maximum Gasteiger partial charge on any atom is 0.223 e. The number of benzene rings is 1. The minimum absolute atomic E-state index is 0.0821. The van der Waals surface area contributed by atoms with E-state index in [2.05, 4.69) is 57.9 Å². The van der Waals surface area contributed by atoms with Crippen LogP contribution in [-0.4, -0.2) is 56.8 Å². The number of hydrogen-bond acceptors (Lipinski definition) is 4. The number of amides is 1. The third kappa shape index (κ3) is 4.14. The summed E-state index contributed by atoms with van der Waals surface area (Å²) in [5, 5.41) is 0. The van der Waals surface area contributed by atoms with Crippen LogP contribution in [0.15, 0.2) is 79.5 Å². The van der Waals surface area contributed by atoms with Crippen LogP contribution in [0.2, 0.25) is 0 Å². The van der Waals surface area contributed by atoms with Crippen molar-refractivity contribution in [2.24, 2.45) is 0 Å². The topological polar surface area (TPSA) is 53.7 Å². The highest BCUT2D eigenvalue weighted by molar-refractivity contribution is 5.76. The zero-order valence-electron chi connectivity index (χ0n) is 18.3. The number of nitrogens with zero attached hydrogens (tertiary/aromatic N) is 5. The Morgan fingerprint density at radius 3 is 2.72 bits per heavy atom. The Hall–Kier alpha value is -3.51. The van der Waals surface area contributed by atoms with Gasteiger partial charge in [-0.1, -0.05) is 42.5 Å². The molecule has 6 heteroatoms.